The van der Waals surface area contributed by atoms with Crippen LogP contribution in [0.1, 0.15) is 38.1 Å². The van der Waals surface area contributed by atoms with E-state index >= 15 is 0 Å². The molecule has 0 aliphatic carbocycles. The third-order valence-corrected chi connectivity index (χ3v) is 7.66. The number of rotatable bonds is 9. The van der Waals surface area contributed by atoms with Crippen LogP contribution in [-0.2, 0) is 43.0 Å². The van der Waals surface area contributed by atoms with Gasteiger partial charge in [0.25, 0.3) is 5.91 Å². The van der Waals surface area contributed by atoms with E-state index in [2.05, 4.69) is 20.3 Å². The van der Waals surface area contributed by atoms with Gasteiger partial charge in [-0.1, -0.05) is 18.2 Å². The standard InChI is InChI=1S/C26H27N5O9S/c1-14(32)37-10-19-21(39-16(3)34)22(40-17(4)35)26(41-19,11-38-15(2)33)31-13-29-20-23(27-12-28-24(20)31)30-25(36)18-8-6-5-7-9-18/h5-9,12-13,19,21-22H,10-11H2,1-4H3,(H,27,28,30,36)/t19-,21-,22-,26-/m1/s1. The van der Waals surface area contributed by atoms with E-state index in [-0.39, 0.29) is 30.2 Å². The van der Waals surface area contributed by atoms with Crippen LogP contribution in [0.25, 0.3) is 11.2 Å². The van der Waals surface area contributed by atoms with Gasteiger partial charge in [-0.15, -0.1) is 11.8 Å². The molecule has 1 fully saturated rings. The van der Waals surface area contributed by atoms with Gasteiger partial charge in [-0.2, -0.15) is 0 Å². The fourth-order valence-corrected chi connectivity index (χ4v) is 6.08. The molecule has 3 aromatic rings. The first-order valence-electron chi connectivity index (χ1n) is 12.4. The number of thioether (sulfide) groups is 1. The highest BCUT2D eigenvalue weighted by Crippen LogP contribution is 2.51. The number of carbonyl (C=O) groups is 5. The lowest BCUT2D eigenvalue weighted by molar-refractivity contribution is -0.173. The molecule has 0 spiro atoms. The predicted octanol–water partition coefficient (Wildman–Crippen LogP) is 1.84. The van der Waals surface area contributed by atoms with E-state index in [1.54, 1.807) is 30.3 Å². The maximum absolute atomic E-state index is 12.8. The molecular formula is C26H27N5O9S. The molecule has 1 aliphatic rings. The first-order valence-corrected chi connectivity index (χ1v) is 13.2. The van der Waals surface area contributed by atoms with Crippen molar-refractivity contribution in [1.82, 2.24) is 19.5 Å². The van der Waals surface area contributed by atoms with E-state index in [0.717, 1.165) is 11.8 Å². The van der Waals surface area contributed by atoms with Crippen LogP contribution in [0.3, 0.4) is 0 Å². The van der Waals surface area contributed by atoms with Gasteiger partial charge >= 0.3 is 23.9 Å². The molecule has 1 amide bonds. The van der Waals surface area contributed by atoms with E-state index in [4.69, 9.17) is 18.9 Å². The molecule has 1 aliphatic heterocycles. The van der Waals surface area contributed by atoms with Gasteiger partial charge in [-0.25, -0.2) is 15.0 Å². The summed E-state index contributed by atoms with van der Waals surface area (Å²) in [4.78, 5) is 72.3. The summed E-state index contributed by atoms with van der Waals surface area (Å²) in [6.45, 7) is 4.21. The number of amides is 1. The Hall–Kier alpha value is -4.53. The minimum absolute atomic E-state index is 0.102. The molecule has 0 saturated carbocycles. The zero-order valence-electron chi connectivity index (χ0n) is 22.6. The van der Waals surface area contributed by atoms with Gasteiger partial charge in [-0.3, -0.25) is 28.5 Å². The highest BCUT2D eigenvalue weighted by Gasteiger charge is 2.61. The number of nitrogens with zero attached hydrogens (tertiary/aromatic N) is 4. The predicted molar refractivity (Wildman–Crippen MR) is 143 cm³/mol. The van der Waals surface area contributed by atoms with E-state index in [1.165, 1.54) is 44.9 Å². The summed E-state index contributed by atoms with van der Waals surface area (Å²) in [5.74, 6) is -2.91. The van der Waals surface area contributed by atoms with Crippen LogP contribution in [0.4, 0.5) is 5.82 Å². The van der Waals surface area contributed by atoms with Crippen molar-refractivity contribution in [2.24, 2.45) is 0 Å². The van der Waals surface area contributed by atoms with Gasteiger partial charge in [0.05, 0.1) is 11.6 Å². The lowest BCUT2D eigenvalue weighted by Gasteiger charge is -2.35. The lowest BCUT2D eigenvalue weighted by Crippen LogP contribution is -2.50. The second-order valence-corrected chi connectivity index (χ2v) is 10.6. The SMILES string of the molecule is CC(=O)OC[C@H]1S[C@@](COC(C)=O)(n2cnc3c(NC(=O)c4ccccc4)ncnc32)[C@H](OC(C)=O)[C@@H]1OC(C)=O. The van der Waals surface area contributed by atoms with Gasteiger partial charge < -0.3 is 24.3 Å². The summed E-state index contributed by atoms with van der Waals surface area (Å²) in [7, 11) is 0. The molecule has 0 radical (unpaired) electrons. The lowest BCUT2D eigenvalue weighted by atomic mass is 10.0. The maximum Gasteiger partial charge on any atom is 0.303 e. The van der Waals surface area contributed by atoms with Crippen LogP contribution >= 0.6 is 11.8 Å². The number of anilines is 1. The molecule has 0 bridgehead atoms. The quantitative estimate of drug-likeness (QED) is 0.284. The number of nitrogens with one attached hydrogen (secondary N) is 1. The molecule has 2 aromatic heterocycles. The molecule has 14 nitrogen and oxygen atoms in total. The largest absolute Gasteiger partial charge is 0.465 e. The molecule has 216 valence electrons. The van der Waals surface area contributed by atoms with Crippen LogP contribution in [0, 0.1) is 0 Å². The van der Waals surface area contributed by atoms with E-state index in [1.807, 2.05) is 0 Å². The summed E-state index contributed by atoms with van der Waals surface area (Å²) < 4.78 is 23.4. The van der Waals surface area contributed by atoms with E-state index in [9.17, 15) is 24.0 Å². The topological polar surface area (TPSA) is 178 Å². The monoisotopic (exact) mass is 585 g/mol. The smallest absolute Gasteiger partial charge is 0.303 e. The number of esters is 4. The molecule has 3 heterocycles. The summed E-state index contributed by atoms with van der Waals surface area (Å²) in [6.07, 6.45) is 0.209. The van der Waals surface area contributed by atoms with Crippen molar-refractivity contribution in [3.63, 3.8) is 0 Å². The zero-order chi connectivity index (χ0) is 29.7. The number of hydrogen-bond acceptors (Lipinski definition) is 13. The number of imidazole rings is 1. The van der Waals surface area contributed by atoms with Crippen molar-refractivity contribution >= 4 is 58.5 Å². The molecule has 41 heavy (non-hydrogen) atoms. The maximum atomic E-state index is 12.8. The van der Waals surface area contributed by atoms with E-state index in [0.29, 0.717) is 5.56 Å². The number of aromatic nitrogens is 4. The highest BCUT2D eigenvalue weighted by atomic mass is 32.2. The molecule has 1 aromatic carbocycles. The average Bonchev–Trinajstić information content (AvgIpc) is 3.47. The Balaban J connectivity index is 1.84. The number of fused-ring (bicyclic) bond motifs is 1. The fraction of sp³-hybridized carbons (Fsp3) is 0.385. The summed E-state index contributed by atoms with van der Waals surface area (Å²) in [5.41, 5.74) is 0.771. The molecule has 15 heteroatoms. The van der Waals surface area contributed by atoms with Gasteiger partial charge in [0.2, 0.25) is 0 Å². The highest BCUT2D eigenvalue weighted by molar-refractivity contribution is 8.01. The molecule has 1 N–H and O–H groups in total. The van der Waals surface area contributed by atoms with Gasteiger partial charge in [0, 0.05) is 33.3 Å². The van der Waals surface area contributed by atoms with Crippen LogP contribution < -0.4 is 5.32 Å². The third-order valence-electron chi connectivity index (χ3n) is 6.00. The fourth-order valence-electron chi connectivity index (χ4n) is 4.40. The van der Waals surface area contributed by atoms with Crippen molar-refractivity contribution in [3.05, 3.63) is 48.5 Å². The van der Waals surface area contributed by atoms with Crippen molar-refractivity contribution in [3.8, 4) is 0 Å². The number of ether oxygens (including phenoxy) is 4. The summed E-state index contributed by atoms with van der Waals surface area (Å²) >= 11 is 1.10. The van der Waals surface area contributed by atoms with E-state index < -0.39 is 52.1 Å². The Bertz CT molecular complexity index is 1480. The summed E-state index contributed by atoms with van der Waals surface area (Å²) in [6, 6.07) is 8.49. The third kappa shape index (κ3) is 6.45. The molecule has 4 rings (SSSR count). The minimum atomic E-state index is -1.49. The number of carbonyl (C=O) groups excluding carboxylic acids is 5. The Morgan fingerprint density at radius 2 is 1.59 bits per heavy atom. The first kappa shape index (κ1) is 29.5. The second kappa shape index (κ2) is 12.3. The molecule has 0 unspecified atom stereocenters. The molecular weight excluding hydrogens is 558 g/mol. The zero-order valence-corrected chi connectivity index (χ0v) is 23.4. The Labute approximate surface area is 238 Å². The Morgan fingerprint density at radius 1 is 0.902 bits per heavy atom. The van der Waals surface area contributed by atoms with Crippen molar-refractivity contribution < 1.29 is 42.9 Å². The van der Waals surface area contributed by atoms with Crippen LogP contribution in [0.5, 0.6) is 0 Å². The Kier molecular flexibility index (Phi) is 8.86. The number of benzene rings is 1. The van der Waals surface area contributed by atoms with Gasteiger partial charge in [0.1, 0.15) is 19.5 Å². The van der Waals surface area contributed by atoms with Crippen LogP contribution in [0.15, 0.2) is 43.0 Å². The summed E-state index contributed by atoms with van der Waals surface area (Å²) in [5, 5.41) is 1.97. The van der Waals surface area contributed by atoms with Crippen molar-refractivity contribution in [2.75, 3.05) is 18.5 Å². The molecule has 4 atom stereocenters. The van der Waals surface area contributed by atoms with Gasteiger partial charge in [0.15, 0.2) is 34.1 Å². The van der Waals surface area contributed by atoms with Crippen molar-refractivity contribution in [1.29, 1.82) is 0 Å². The molecule has 1 saturated heterocycles. The normalized spacial score (nSPS) is 21.6. The van der Waals surface area contributed by atoms with Crippen LogP contribution in [-0.4, -0.2) is 80.0 Å². The first-order chi connectivity index (χ1) is 19.5. The Morgan fingerprint density at radius 3 is 2.22 bits per heavy atom. The average molecular weight is 586 g/mol. The van der Waals surface area contributed by atoms with Gasteiger partial charge in [-0.05, 0) is 12.1 Å². The number of hydrogen-bond donors (Lipinski definition) is 1. The van der Waals surface area contributed by atoms with Crippen LogP contribution in [0.2, 0.25) is 0 Å². The van der Waals surface area contributed by atoms with Crippen molar-refractivity contribution in [2.45, 2.75) is 50.0 Å². The second-order valence-electron chi connectivity index (χ2n) is 9.02. The minimum Gasteiger partial charge on any atom is -0.465 e.